The van der Waals surface area contributed by atoms with E-state index in [0.717, 1.165) is 11.3 Å². The molecule has 1 unspecified atom stereocenters. The van der Waals surface area contributed by atoms with Gasteiger partial charge in [-0.2, -0.15) is 0 Å². The van der Waals surface area contributed by atoms with Crippen LogP contribution in [0.2, 0.25) is 0 Å². The molecule has 2 N–H and O–H groups in total. The zero-order chi connectivity index (χ0) is 11.4. The molecule has 0 aliphatic heterocycles. The van der Waals surface area contributed by atoms with Gasteiger partial charge in [0.15, 0.2) is 0 Å². The Morgan fingerprint density at radius 3 is 2.53 bits per heavy atom. The predicted molar refractivity (Wildman–Crippen MR) is 63.1 cm³/mol. The number of likely N-dealkylation sites (N-methyl/N-ethyl adjacent to an activating group) is 1. The molecule has 0 saturated carbocycles. The van der Waals surface area contributed by atoms with Crippen LogP contribution in [0.15, 0.2) is 18.2 Å². The highest BCUT2D eigenvalue weighted by molar-refractivity contribution is 5.84. The van der Waals surface area contributed by atoms with Gasteiger partial charge in [-0.25, -0.2) is 0 Å². The largest absolute Gasteiger partial charge is 0.374 e. The Balaban J connectivity index is 2.76. The summed E-state index contributed by atoms with van der Waals surface area (Å²) in [5.74, 6) is -0.00465. The average Bonchev–Trinajstić information content (AvgIpc) is 2.20. The van der Waals surface area contributed by atoms with Gasteiger partial charge < -0.3 is 10.6 Å². The molecule has 1 aromatic carbocycles. The summed E-state index contributed by atoms with van der Waals surface area (Å²) in [7, 11) is 1.64. The topological polar surface area (TPSA) is 41.1 Å². The van der Waals surface area contributed by atoms with Crippen LogP contribution in [0, 0.1) is 13.8 Å². The van der Waals surface area contributed by atoms with Crippen LogP contribution in [-0.2, 0) is 4.79 Å². The summed E-state index contributed by atoms with van der Waals surface area (Å²) < 4.78 is 0. The summed E-state index contributed by atoms with van der Waals surface area (Å²) in [6, 6.07) is 5.92. The quantitative estimate of drug-likeness (QED) is 0.792. The summed E-state index contributed by atoms with van der Waals surface area (Å²) in [5.41, 5.74) is 3.40. The van der Waals surface area contributed by atoms with Crippen LogP contribution in [-0.4, -0.2) is 19.0 Å². The molecule has 1 atom stereocenters. The second kappa shape index (κ2) is 4.82. The van der Waals surface area contributed by atoms with Crippen molar-refractivity contribution in [2.45, 2.75) is 26.8 Å². The van der Waals surface area contributed by atoms with Crippen molar-refractivity contribution in [1.82, 2.24) is 5.32 Å². The van der Waals surface area contributed by atoms with Gasteiger partial charge in [0.05, 0.1) is 0 Å². The van der Waals surface area contributed by atoms with E-state index in [1.165, 1.54) is 5.56 Å². The van der Waals surface area contributed by atoms with Gasteiger partial charge in [-0.1, -0.05) is 17.7 Å². The van der Waals surface area contributed by atoms with Crippen LogP contribution in [0.5, 0.6) is 0 Å². The monoisotopic (exact) mass is 206 g/mol. The van der Waals surface area contributed by atoms with Gasteiger partial charge in [0.2, 0.25) is 5.91 Å². The average molecular weight is 206 g/mol. The lowest BCUT2D eigenvalue weighted by Crippen LogP contribution is -2.35. The van der Waals surface area contributed by atoms with E-state index in [-0.39, 0.29) is 11.9 Å². The van der Waals surface area contributed by atoms with E-state index >= 15 is 0 Å². The fourth-order valence-electron chi connectivity index (χ4n) is 1.49. The van der Waals surface area contributed by atoms with Crippen molar-refractivity contribution in [3.8, 4) is 0 Å². The van der Waals surface area contributed by atoms with Crippen molar-refractivity contribution in [2.24, 2.45) is 0 Å². The maximum atomic E-state index is 11.3. The Morgan fingerprint density at radius 2 is 2.00 bits per heavy atom. The molecule has 0 heterocycles. The summed E-state index contributed by atoms with van der Waals surface area (Å²) in [5, 5.41) is 5.79. The van der Waals surface area contributed by atoms with Gasteiger partial charge in [0.25, 0.3) is 0 Å². The number of rotatable bonds is 3. The third-order valence-electron chi connectivity index (χ3n) is 2.39. The second-order valence-electron chi connectivity index (χ2n) is 3.80. The SMILES string of the molecule is CNC(=O)C(C)Nc1ccc(C)cc1C. The highest BCUT2D eigenvalue weighted by Crippen LogP contribution is 2.16. The van der Waals surface area contributed by atoms with E-state index in [4.69, 9.17) is 0 Å². The van der Waals surface area contributed by atoms with Gasteiger partial charge in [0, 0.05) is 12.7 Å². The molecule has 0 radical (unpaired) electrons. The van der Waals surface area contributed by atoms with E-state index in [2.05, 4.69) is 23.6 Å². The van der Waals surface area contributed by atoms with E-state index in [0.29, 0.717) is 0 Å². The minimum atomic E-state index is -0.212. The molecule has 0 fully saturated rings. The molecule has 82 valence electrons. The lowest BCUT2D eigenvalue weighted by atomic mass is 10.1. The summed E-state index contributed by atoms with van der Waals surface area (Å²) in [6.07, 6.45) is 0. The molecule has 1 rings (SSSR count). The molecule has 1 aromatic rings. The van der Waals surface area contributed by atoms with Crippen molar-refractivity contribution < 1.29 is 4.79 Å². The number of carbonyl (C=O) groups excluding carboxylic acids is 1. The molecule has 0 aliphatic rings. The lowest BCUT2D eigenvalue weighted by molar-refractivity contribution is -0.121. The van der Waals surface area contributed by atoms with Crippen LogP contribution in [0.25, 0.3) is 0 Å². The second-order valence-corrected chi connectivity index (χ2v) is 3.80. The van der Waals surface area contributed by atoms with Crippen LogP contribution >= 0.6 is 0 Å². The van der Waals surface area contributed by atoms with Gasteiger partial charge in [-0.3, -0.25) is 4.79 Å². The standard InChI is InChI=1S/C12H18N2O/c1-8-5-6-11(9(2)7-8)14-10(3)12(15)13-4/h5-7,10,14H,1-4H3,(H,13,15). The number of amides is 1. The van der Waals surface area contributed by atoms with Crippen LogP contribution in [0.4, 0.5) is 5.69 Å². The van der Waals surface area contributed by atoms with E-state index in [9.17, 15) is 4.79 Å². The molecule has 3 nitrogen and oxygen atoms in total. The number of nitrogens with one attached hydrogen (secondary N) is 2. The number of aryl methyl sites for hydroxylation is 2. The Hall–Kier alpha value is -1.51. The summed E-state index contributed by atoms with van der Waals surface area (Å²) in [4.78, 5) is 11.3. The molecular formula is C12H18N2O. The molecule has 0 aromatic heterocycles. The van der Waals surface area contributed by atoms with E-state index in [1.54, 1.807) is 7.05 Å². The summed E-state index contributed by atoms with van der Waals surface area (Å²) in [6.45, 7) is 5.93. The van der Waals surface area contributed by atoms with Crippen LogP contribution in [0.3, 0.4) is 0 Å². The third-order valence-corrected chi connectivity index (χ3v) is 2.39. The first-order valence-corrected chi connectivity index (χ1v) is 5.10. The van der Waals surface area contributed by atoms with Gasteiger partial charge in [-0.05, 0) is 32.4 Å². The molecule has 15 heavy (non-hydrogen) atoms. The first kappa shape index (κ1) is 11.6. The van der Waals surface area contributed by atoms with E-state index < -0.39 is 0 Å². The van der Waals surface area contributed by atoms with Gasteiger partial charge in [0.1, 0.15) is 6.04 Å². The number of anilines is 1. The number of hydrogen-bond donors (Lipinski definition) is 2. The Bertz CT molecular complexity index is 361. The van der Waals surface area contributed by atoms with Crippen LogP contribution < -0.4 is 10.6 Å². The van der Waals surface area contributed by atoms with Crippen molar-refractivity contribution in [3.63, 3.8) is 0 Å². The molecule has 0 bridgehead atoms. The molecule has 0 aliphatic carbocycles. The fraction of sp³-hybridized carbons (Fsp3) is 0.417. The maximum absolute atomic E-state index is 11.3. The zero-order valence-electron chi connectivity index (χ0n) is 9.72. The number of hydrogen-bond acceptors (Lipinski definition) is 2. The molecule has 0 spiro atoms. The first-order valence-electron chi connectivity index (χ1n) is 5.10. The Kier molecular flexibility index (Phi) is 3.72. The first-order chi connectivity index (χ1) is 7.04. The molecule has 3 heteroatoms. The van der Waals surface area contributed by atoms with Crippen LogP contribution in [0.1, 0.15) is 18.1 Å². The normalized spacial score (nSPS) is 12.0. The van der Waals surface area contributed by atoms with Crippen molar-refractivity contribution in [2.75, 3.05) is 12.4 Å². The number of carbonyl (C=O) groups is 1. The highest BCUT2D eigenvalue weighted by Gasteiger charge is 2.10. The highest BCUT2D eigenvalue weighted by atomic mass is 16.2. The summed E-state index contributed by atoms with van der Waals surface area (Å²) >= 11 is 0. The minimum Gasteiger partial charge on any atom is -0.374 e. The van der Waals surface area contributed by atoms with Crippen molar-refractivity contribution >= 4 is 11.6 Å². The van der Waals surface area contributed by atoms with Gasteiger partial charge in [-0.15, -0.1) is 0 Å². The maximum Gasteiger partial charge on any atom is 0.241 e. The third kappa shape index (κ3) is 2.98. The molecule has 1 amide bonds. The number of benzene rings is 1. The minimum absolute atomic E-state index is 0.00465. The Morgan fingerprint density at radius 1 is 1.33 bits per heavy atom. The van der Waals surface area contributed by atoms with Gasteiger partial charge >= 0.3 is 0 Å². The van der Waals surface area contributed by atoms with E-state index in [1.807, 2.05) is 26.0 Å². The Labute approximate surface area is 90.9 Å². The lowest BCUT2D eigenvalue weighted by Gasteiger charge is -2.15. The molecule has 0 saturated heterocycles. The smallest absolute Gasteiger partial charge is 0.241 e. The predicted octanol–water partition coefficient (Wildman–Crippen LogP) is 1.85. The van der Waals surface area contributed by atoms with Crippen molar-refractivity contribution in [1.29, 1.82) is 0 Å². The van der Waals surface area contributed by atoms with Crippen molar-refractivity contribution in [3.05, 3.63) is 29.3 Å². The fourth-order valence-corrected chi connectivity index (χ4v) is 1.49. The zero-order valence-corrected chi connectivity index (χ0v) is 9.72. The molecular weight excluding hydrogens is 188 g/mol.